The second kappa shape index (κ2) is 29.7. The number of carbonyl (C=O) groups is 9. The third-order valence-electron chi connectivity index (χ3n) is 11.6. The fourth-order valence-corrected chi connectivity index (χ4v) is 9.24. The number of carbonyl (C=O) groups excluding carboxylic acids is 9. The summed E-state index contributed by atoms with van der Waals surface area (Å²) in [6.45, 7) is 29.5. The number of halogens is 1. The summed E-state index contributed by atoms with van der Waals surface area (Å²) < 4.78 is 71.4. The summed E-state index contributed by atoms with van der Waals surface area (Å²) in [6.07, 6.45) is -17.0. The zero-order valence-corrected chi connectivity index (χ0v) is 51.7. The molecule has 0 bridgehead atoms. The van der Waals surface area contributed by atoms with Crippen molar-refractivity contribution in [2.75, 3.05) is 13.1 Å². The van der Waals surface area contributed by atoms with Gasteiger partial charge in [-0.25, -0.2) is 24.0 Å². The van der Waals surface area contributed by atoms with Gasteiger partial charge in [-0.1, -0.05) is 6.92 Å². The average Bonchev–Trinajstić information content (AvgIpc) is 3.27. The molecule has 470 valence electrons. The third-order valence-corrected chi connectivity index (χ3v) is 12.1. The molecule has 28 heteroatoms. The van der Waals surface area contributed by atoms with Crippen LogP contribution in [0.1, 0.15) is 164 Å². The summed E-state index contributed by atoms with van der Waals surface area (Å²) in [5.74, 6) is -3.46. The van der Waals surface area contributed by atoms with E-state index in [0.717, 1.165) is 20.8 Å². The number of alkyl carbamates (subject to hydrolysis) is 5. The third kappa shape index (κ3) is 25.5. The molecule has 2 heterocycles. The first-order chi connectivity index (χ1) is 37.5. The average molecular weight is 1200 g/mol. The van der Waals surface area contributed by atoms with Crippen LogP contribution in [0.25, 0.3) is 0 Å². The van der Waals surface area contributed by atoms with Crippen LogP contribution in [0.3, 0.4) is 0 Å². The van der Waals surface area contributed by atoms with Crippen molar-refractivity contribution in [1.29, 1.82) is 0 Å². The van der Waals surface area contributed by atoms with Crippen LogP contribution < -0.4 is 31.9 Å². The Morgan fingerprint density at radius 3 is 1.43 bits per heavy atom. The molecule has 3 rings (SSSR count). The zero-order valence-electron chi connectivity index (χ0n) is 51.0. The fourth-order valence-electron chi connectivity index (χ4n) is 8.77. The van der Waals surface area contributed by atoms with E-state index in [2.05, 4.69) is 31.9 Å². The predicted molar refractivity (Wildman–Crippen MR) is 292 cm³/mol. The Morgan fingerprint density at radius 1 is 0.512 bits per heavy atom. The van der Waals surface area contributed by atoms with Gasteiger partial charge in [0.05, 0.1) is 35.7 Å². The minimum absolute atomic E-state index is 0.0822. The number of hydrogen-bond acceptors (Lipinski definition) is 21. The van der Waals surface area contributed by atoms with E-state index >= 15 is 0 Å². The van der Waals surface area contributed by atoms with E-state index in [9.17, 15) is 43.2 Å². The highest BCUT2D eigenvalue weighted by atomic mass is 35.5. The molecule has 82 heavy (non-hydrogen) atoms. The van der Waals surface area contributed by atoms with Crippen molar-refractivity contribution >= 4 is 65.9 Å². The molecule has 0 aromatic rings. The number of amides is 6. The summed E-state index contributed by atoms with van der Waals surface area (Å²) >= 11 is 7.66. The highest BCUT2D eigenvalue weighted by molar-refractivity contribution is 6.21. The number of nitrogens with one attached hydrogen (secondary N) is 6. The minimum atomic E-state index is -1.74. The van der Waals surface area contributed by atoms with Gasteiger partial charge in [-0.15, -0.1) is 11.6 Å². The van der Waals surface area contributed by atoms with E-state index < -0.39 is 167 Å². The number of rotatable bonds is 18. The molecule has 14 atom stereocenters. The number of alkyl halides is 1. The SMILES string of the molecule is CCC1O[C@H](O[C@@H]2C(Cl)C(O[C@H]3OC(CNC(=O)OC(C)(C)C)CCC3NC(=O)OC(C)(C)C)[C@H](NC(=O)OC(C)(C)C)C[C@H]2NC(=O)[C@H](CCNC(=O)OC(C)(C)C)OC(C)=O)C(OC(C)=O)[C@@H](NC(=O)OC(C)(C)C)[C@H]1OC(C)=O. The highest BCUT2D eigenvalue weighted by Gasteiger charge is 2.56. The van der Waals surface area contributed by atoms with Gasteiger partial charge in [0.15, 0.2) is 30.9 Å². The number of hydrogen-bond donors (Lipinski definition) is 6. The molecule has 1 aliphatic carbocycles. The van der Waals surface area contributed by atoms with Crippen LogP contribution >= 0.6 is 11.6 Å². The summed E-state index contributed by atoms with van der Waals surface area (Å²) in [6, 6.07) is -5.03. The first-order valence-electron chi connectivity index (χ1n) is 27.5. The molecular formula is C54H91ClN6O21. The van der Waals surface area contributed by atoms with E-state index in [1.807, 2.05) is 0 Å². The maximum absolute atomic E-state index is 14.6. The van der Waals surface area contributed by atoms with Gasteiger partial charge in [0.2, 0.25) is 0 Å². The van der Waals surface area contributed by atoms with Crippen LogP contribution in [0.5, 0.6) is 0 Å². The van der Waals surface area contributed by atoms with Gasteiger partial charge in [0, 0.05) is 40.3 Å². The monoisotopic (exact) mass is 1190 g/mol. The molecule has 1 saturated carbocycles. The quantitative estimate of drug-likeness (QED) is 0.0536. The van der Waals surface area contributed by atoms with Crippen LogP contribution in [-0.4, -0.2) is 180 Å². The molecule has 2 aliphatic heterocycles. The van der Waals surface area contributed by atoms with Crippen molar-refractivity contribution in [3.8, 4) is 0 Å². The molecule has 3 fully saturated rings. The van der Waals surface area contributed by atoms with Crippen molar-refractivity contribution in [2.24, 2.45) is 0 Å². The van der Waals surface area contributed by atoms with Crippen molar-refractivity contribution in [3.05, 3.63) is 0 Å². The van der Waals surface area contributed by atoms with E-state index in [1.54, 1.807) is 111 Å². The second-order valence-corrected chi connectivity index (χ2v) is 25.7. The zero-order chi connectivity index (χ0) is 62.5. The van der Waals surface area contributed by atoms with E-state index in [1.165, 1.54) is 0 Å². The number of esters is 3. The molecule has 0 spiro atoms. The normalized spacial score (nSPS) is 27.3. The molecule has 3 aliphatic rings. The van der Waals surface area contributed by atoms with Gasteiger partial charge in [0.1, 0.15) is 46.3 Å². The van der Waals surface area contributed by atoms with E-state index in [-0.39, 0.29) is 45.2 Å². The smallest absolute Gasteiger partial charge is 0.408 e. The van der Waals surface area contributed by atoms with Crippen LogP contribution in [0, 0.1) is 0 Å². The van der Waals surface area contributed by atoms with E-state index in [0.29, 0.717) is 0 Å². The second-order valence-electron chi connectivity index (χ2n) is 25.2. The Morgan fingerprint density at radius 2 is 0.951 bits per heavy atom. The van der Waals surface area contributed by atoms with E-state index in [4.69, 9.17) is 68.4 Å². The highest BCUT2D eigenvalue weighted by Crippen LogP contribution is 2.37. The predicted octanol–water partition coefficient (Wildman–Crippen LogP) is 5.81. The van der Waals surface area contributed by atoms with Crippen LogP contribution in [0.15, 0.2) is 0 Å². The molecule has 27 nitrogen and oxygen atoms in total. The molecule has 6 N–H and O–H groups in total. The lowest BCUT2D eigenvalue weighted by Crippen LogP contribution is -2.70. The lowest BCUT2D eigenvalue weighted by Gasteiger charge is -2.50. The molecule has 0 aromatic carbocycles. The van der Waals surface area contributed by atoms with Crippen LogP contribution in [0.2, 0.25) is 0 Å². The standard InChI is InChI=1S/C54H91ClN6O21/c1-20-34-40(72-28(3)63)37(61-49(70)82-54(17,18)19)41(73-29(4)64)44(75-34)77-38-32(58-42(65)35(71-27(2)62)23-24-56-45(66)78-50(5,6)7)25-33(60-48(69)81-53(14,15)16)39(36(38)55)76-43-31(59-47(68)80-52(11,12)13)22-21-30(74-43)26-57-46(67)79-51(8,9)10/h30-41,43-44H,20-26H2,1-19H3,(H,56,66)(H,57,67)(H,58,65)(H,59,68)(H,60,69)(H,61,70)/t30?,31?,32-,33-,34?,35+,36?,37+,38+,39?,40+,41?,43-,44-/m1/s1. The maximum atomic E-state index is 14.6. The molecule has 0 aromatic heterocycles. The lowest BCUT2D eigenvalue weighted by molar-refractivity contribution is -0.301. The van der Waals surface area contributed by atoms with Gasteiger partial charge in [-0.3, -0.25) is 19.2 Å². The summed E-state index contributed by atoms with van der Waals surface area (Å²) in [4.78, 5) is 119. The number of ether oxygens (including phenoxy) is 12. The van der Waals surface area contributed by atoms with Gasteiger partial charge in [0.25, 0.3) is 5.91 Å². The summed E-state index contributed by atoms with van der Waals surface area (Å²) in [5, 5.41) is 14.8. The summed E-state index contributed by atoms with van der Waals surface area (Å²) in [7, 11) is 0. The molecule has 6 amide bonds. The molecular weight excluding hydrogens is 1100 g/mol. The van der Waals surface area contributed by atoms with Gasteiger partial charge in [-0.05, 0) is 130 Å². The Bertz CT molecular complexity index is 2210. The summed E-state index contributed by atoms with van der Waals surface area (Å²) in [5.41, 5.74) is -4.70. The Hall–Kier alpha value is -5.64. The van der Waals surface area contributed by atoms with Gasteiger partial charge >= 0.3 is 48.4 Å². The van der Waals surface area contributed by atoms with Crippen LogP contribution in [0.4, 0.5) is 24.0 Å². The molecule has 6 unspecified atom stereocenters. The Balaban J connectivity index is 2.31. The molecule has 0 radical (unpaired) electrons. The molecule has 2 saturated heterocycles. The van der Waals surface area contributed by atoms with Crippen molar-refractivity contribution < 1.29 is 100.0 Å². The van der Waals surface area contributed by atoms with Crippen LogP contribution in [-0.2, 0) is 76.0 Å². The van der Waals surface area contributed by atoms with Gasteiger partial charge < -0.3 is 88.7 Å². The first-order valence-corrected chi connectivity index (χ1v) is 28.0. The minimum Gasteiger partial charge on any atom is -0.457 e. The Labute approximate surface area is 485 Å². The van der Waals surface area contributed by atoms with Crippen molar-refractivity contribution in [2.45, 2.75) is 277 Å². The van der Waals surface area contributed by atoms with Gasteiger partial charge in [-0.2, -0.15) is 0 Å². The van der Waals surface area contributed by atoms with Crippen molar-refractivity contribution in [1.82, 2.24) is 31.9 Å². The first kappa shape index (κ1) is 70.6. The Kier molecular flexibility index (Phi) is 25.6. The fraction of sp³-hybridized carbons (Fsp3) is 0.833. The van der Waals surface area contributed by atoms with Crippen molar-refractivity contribution in [3.63, 3.8) is 0 Å². The maximum Gasteiger partial charge on any atom is 0.408 e. The topological polar surface area (TPSA) is 337 Å². The largest absolute Gasteiger partial charge is 0.457 e. The lowest BCUT2D eigenvalue weighted by atomic mass is 9.84.